The lowest BCUT2D eigenvalue weighted by Crippen LogP contribution is -2.24. The SMILES string of the molecule is CC1(C)c2ccccc2Oc2c(-c3cccc4c(-c5cccc6c5-c5ccccc5C65CCCC5)c5cccc(-c6cccc7c6Oc6ccccc6C7(C)C)c5cc34)cccc21. The summed E-state index contributed by atoms with van der Waals surface area (Å²) in [6.45, 7) is 9.30. The van der Waals surface area contributed by atoms with E-state index in [2.05, 4.69) is 198 Å². The lowest BCUT2D eigenvalue weighted by Gasteiger charge is -2.35. The Morgan fingerprint density at radius 3 is 1.30 bits per heavy atom. The average Bonchev–Trinajstić information content (AvgIpc) is 3.91. The van der Waals surface area contributed by atoms with Crippen LogP contribution in [0.5, 0.6) is 23.0 Å². The third kappa shape index (κ3) is 4.95. The van der Waals surface area contributed by atoms with Crippen LogP contribution in [0.2, 0.25) is 0 Å². The van der Waals surface area contributed by atoms with E-state index in [1.165, 1.54) is 114 Å². The maximum Gasteiger partial charge on any atom is 0.139 e. The first-order chi connectivity index (χ1) is 30.8. The molecule has 2 heteroatoms. The molecule has 13 rings (SSSR count). The van der Waals surface area contributed by atoms with Crippen LogP contribution in [0.3, 0.4) is 0 Å². The first-order valence-electron chi connectivity index (χ1n) is 22.8. The molecule has 0 radical (unpaired) electrons. The van der Waals surface area contributed by atoms with Gasteiger partial charge in [-0.15, -0.1) is 0 Å². The Labute approximate surface area is 369 Å². The van der Waals surface area contributed by atoms with Gasteiger partial charge < -0.3 is 9.47 Å². The minimum absolute atomic E-state index is 0.0612. The molecule has 9 aromatic rings. The number of para-hydroxylation sites is 4. The molecule has 0 atom stereocenters. The highest BCUT2D eigenvalue weighted by Crippen LogP contribution is 2.61. The molecule has 2 aliphatic heterocycles. The summed E-state index contributed by atoms with van der Waals surface area (Å²) in [6, 6.07) is 63.3. The smallest absolute Gasteiger partial charge is 0.139 e. The van der Waals surface area contributed by atoms with Gasteiger partial charge in [-0.1, -0.05) is 192 Å². The Morgan fingerprint density at radius 2 is 0.746 bits per heavy atom. The van der Waals surface area contributed by atoms with E-state index in [0.717, 1.165) is 34.1 Å². The van der Waals surface area contributed by atoms with Crippen molar-refractivity contribution in [2.75, 3.05) is 0 Å². The molecular formula is C61H48O2. The normalized spacial score (nSPS) is 16.6. The van der Waals surface area contributed by atoms with Crippen LogP contribution in [-0.4, -0.2) is 0 Å². The molecule has 4 aliphatic rings. The highest BCUT2D eigenvalue weighted by atomic mass is 16.5. The first kappa shape index (κ1) is 36.7. The van der Waals surface area contributed by atoms with Crippen LogP contribution in [0.25, 0.3) is 66.1 Å². The van der Waals surface area contributed by atoms with Crippen LogP contribution in [0.4, 0.5) is 0 Å². The van der Waals surface area contributed by atoms with Gasteiger partial charge in [0.05, 0.1) is 0 Å². The summed E-state index contributed by atoms with van der Waals surface area (Å²) in [5, 5.41) is 4.89. The molecule has 63 heavy (non-hydrogen) atoms. The number of rotatable bonds is 3. The zero-order valence-electron chi connectivity index (χ0n) is 36.3. The molecule has 0 aromatic heterocycles. The minimum Gasteiger partial charge on any atom is -0.456 e. The van der Waals surface area contributed by atoms with Gasteiger partial charge in [-0.05, 0) is 97.1 Å². The third-order valence-corrected chi connectivity index (χ3v) is 15.6. The second-order valence-corrected chi connectivity index (χ2v) is 19.4. The van der Waals surface area contributed by atoms with Crippen LogP contribution >= 0.6 is 0 Å². The molecule has 1 fully saturated rings. The van der Waals surface area contributed by atoms with Gasteiger partial charge >= 0.3 is 0 Å². The summed E-state index contributed by atoms with van der Waals surface area (Å²) < 4.78 is 14.0. The second-order valence-electron chi connectivity index (χ2n) is 19.4. The van der Waals surface area contributed by atoms with Gasteiger partial charge in [-0.25, -0.2) is 0 Å². The summed E-state index contributed by atoms with van der Waals surface area (Å²) in [5.41, 5.74) is 17.3. The molecule has 304 valence electrons. The van der Waals surface area contributed by atoms with E-state index in [4.69, 9.17) is 9.47 Å². The van der Waals surface area contributed by atoms with Gasteiger partial charge in [0, 0.05) is 49.6 Å². The van der Waals surface area contributed by atoms with Crippen LogP contribution in [-0.2, 0) is 16.2 Å². The number of hydrogen-bond donors (Lipinski definition) is 0. The summed E-state index contributed by atoms with van der Waals surface area (Å²) in [7, 11) is 0. The molecule has 0 amide bonds. The molecule has 2 aliphatic carbocycles. The van der Waals surface area contributed by atoms with Gasteiger partial charge in [-0.2, -0.15) is 0 Å². The van der Waals surface area contributed by atoms with Gasteiger partial charge in [0.15, 0.2) is 0 Å². The molecular weight excluding hydrogens is 765 g/mol. The maximum atomic E-state index is 6.99. The second kappa shape index (κ2) is 13.1. The van der Waals surface area contributed by atoms with E-state index >= 15 is 0 Å². The van der Waals surface area contributed by atoms with E-state index < -0.39 is 0 Å². The number of fused-ring (bicyclic) bond motifs is 11. The van der Waals surface area contributed by atoms with Crippen molar-refractivity contribution in [2.45, 2.75) is 69.6 Å². The monoisotopic (exact) mass is 812 g/mol. The Morgan fingerprint density at radius 1 is 0.333 bits per heavy atom. The Balaban J connectivity index is 1.14. The topological polar surface area (TPSA) is 18.5 Å². The quantitative estimate of drug-likeness (QED) is 0.165. The standard InChI is InChI=1S/C61H48O2/c1-59(2)48-27-7-9-32-53(48)62-57-41(23-15-30-51(57)59)37-19-13-21-39-45(37)36-46-38(42-24-16-31-52-58(42)63-54-33-10-8-28-49(54)60(52,3)4)20-14-22-40(46)55(39)44-25-17-29-50-56(44)43-18-5-6-26-47(43)61(50)34-11-12-35-61/h5-10,13-33,36H,11-12,34-35H2,1-4H3. The fourth-order valence-electron chi connectivity index (χ4n) is 12.5. The number of ether oxygens (including phenoxy) is 2. The van der Waals surface area contributed by atoms with E-state index in [1.54, 1.807) is 0 Å². The molecule has 0 unspecified atom stereocenters. The lowest BCUT2D eigenvalue weighted by atomic mass is 9.74. The zero-order chi connectivity index (χ0) is 42.2. The molecule has 1 saturated carbocycles. The molecule has 2 heterocycles. The first-order valence-corrected chi connectivity index (χ1v) is 22.8. The zero-order valence-corrected chi connectivity index (χ0v) is 36.3. The van der Waals surface area contributed by atoms with Crippen LogP contribution in [0, 0.1) is 0 Å². The van der Waals surface area contributed by atoms with Crippen molar-refractivity contribution in [1.29, 1.82) is 0 Å². The Hall–Kier alpha value is -6.90. The predicted molar refractivity (Wildman–Crippen MR) is 260 cm³/mol. The van der Waals surface area contributed by atoms with Crippen molar-refractivity contribution in [3.63, 3.8) is 0 Å². The van der Waals surface area contributed by atoms with Gasteiger partial charge in [0.25, 0.3) is 0 Å². The van der Waals surface area contributed by atoms with Crippen molar-refractivity contribution >= 4 is 21.5 Å². The molecule has 0 N–H and O–H groups in total. The Kier molecular flexibility index (Phi) is 7.62. The average molecular weight is 813 g/mol. The minimum atomic E-state index is -0.233. The van der Waals surface area contributed by atoms with E-state index in [1.807, 2.05) is 0 Å². The van der Waals surface area contributed by atoms with Gasteiger partial charge in [-0.3, -0.25) is 0 Å². The number of hydrogen-bond acceptors (Lipinski definition) is 2. The Bertz CT molecular complexity index is 3240. The van der Waals surface area contributed by atoms with E-state index in [9.17, 15) is 0 Å². The van der Waals surface area contributed by atoms with Crippen molar-refractivity contribution in [3.05, 3.63) is 203 Å². The molecule has 0 saturated heterocycles. The molecule has 0 bridgehead atoms. The summed E-state index contributed by atoms with van der Waals surface area (Å²) in [4.78, 5) is 0. The highest BCUT2D eigenvalue weighted by Gasteiger charge is 2.46. The van der Waals surface area contributed by atoms with Gasteiger partial charge in [0.2, 0.25) is 0 Å². The molecule has 9 aromatic carbocycles. The summed E-state index contributed by atoms with van der Waals surface area (Å²) >= 11 is 0. The molecule has 1 spiro atoms. The largest absolute Gasteiger partial charge is 0.456 e. The lowest BCUT2D eigenvalue weighted by molar-refractivity contribution is 0.419. The number of benzene rings is 9. The van der Waals surface area contributed by atoms with Crippen molar-refractivity contribution in [2.24, 2.45) is 0 Å². The predicted octanol–water partition coefficient (Wildman–Crippen LogP) is 16.7. The third-order valence-electron chi connectivity index (χ3n) is 15.6. The van der Waals surface area contributed by atoms with Crippen LogP contribution < -0.4 is 9.47 Å². The van der Waals surface area contributed by atoms with Gasteiger partial charge in [0.1, 0.15) is 23.0 Å². The van der Waals surface area contributed by atoms with Crippen molar-refractivity contribution < 1.29 is 9.47 Å². The van der Waals surface area contributed by atoms with Crippen molar-refractivity contribution in [1.82, 2.24) is 0 Å². The fraction of sp³-hybridized carbons (Fsp3) is 0.180. The summed E-state index contributed by atoms with van der Waals surface area (Å²) in [6.07, 6.45) is 4.92. The van der Waals surface area contributed by atoms with Crippen LogP contribution in [0.1, 0.15) is 86.8 Å². The molecule has 2 nitrogen and oxygen atoms in total. The van der Waals surface area contributed by atoms with E-state index in [0.29, 0.717) is 0 Å². The summed E-state index contributed by atoms with van der Waals surface area (Å²) in [5.74, 6) is 3.73. The van der Waals surface area contributed by atoms with Crippen LogP contribution in [0.15, 0.2) is 170 Å². The maximum absolute atomic E-state index is 6.99. The highest BCUT2D eigenvalue weighted by molar-refractivity contribution is 6.21. The van der Waals surface area contributed by atoms with E-state index in [-0.39, 0.29) is 16.2 Å². The van der Waals surface area contributed by atoms with Crippen molar-refractivity contribution in [3.8, 4) is 67.5 Å². The fourth-order valence-corrected chi connectivity index (χ4v) is 12.5.